The molecule has 162 valence electrons. The van der Waals surface area contributed by atoms with Gasteiger partial charge >= 0.3 is 5.97 Å². The van der Waals surface area contributed by atoms with Crippen molar-refractivity contribution >= 4 is 30.0 Å². The van der Waals surface area contributed by atoms with Crippen LogP contribution in [0.25, 0.3) is 0 Å². The van der Waals surface area contributed by atoms with E-state index in [1.165, 1.54) is 0 Å². The molecule has 30 heavy (non-hydrogen) atoms. The summed E-state index contributed by atoms with van der Waals surface area (Å²) in [5.41, 5.74) is 2.59. The summed E-state index contributed by atoms with van der Waals surface area (Å²) in [4.78, 5) is 27.7. The number of carboxylic acids is 1. The normalized spacial score (nSPS) is 16.0. The fourth-order valence-electron chi connectivity index (χ4n) is 3.94. The van der Waals surface area contributed by atoms with Gasteiger partial charge in [0, 0.05) is 36.4 Å². The van der Waals surface area contributed by atoms with Gasteiger partial charge in [0.2, 0.25) is 0 Å². The molecule has 1 unspecified atom stereocenters. The number of likely N-dealkylation sites (N-methyl/N-ethyl adjacent to an activating group) is 1. The van der Waals surface area contributed by atoms with Crippen molar-refractivity contribution in [1.82, 2.24) is 9.80 Å². The SMILES string of the molecule is CC(c1cccc(NC(=O)c2ccccc2)c1)N1CCC(N(C)CC(=O)O)CC1.Cl. The monoisotopic (exact) mass is 431 g/mol. The molecular formula is C23H30ClN3O3. The van der Waals surface area contributed by atoms with Gasteiger partial charge in [-0.2, -0.15) is 0 Å². The van der Waals surface area contributed by atoms with E-state index in [2.05, 4.69) is 23.2 Å². The number of nitrogens with zero attached hydrogens (tertiary/aromatic N) is 2. The molecule has 1 atom stereocenters. The Hall–Kier alpha value is -2.41. The molecule has 1 aliphatic rings. The van der Waals surface area contributed by atoms with Crippen LogP contribution in [0.4, 0.5) is 5.69 Å². The number of carboxylic acid groups (broad SMARTS) is 1. The highest BCUT2D eigenvalue weighted by Crippen LogP contribution is 2.27. The molecule has 1 saturated heterocycles. The first-order chi connectivity index (χ1) is 13.9. The van der Waals surface area contributed by atoms with Crippen molar-refractivity contribution in [2.45, 2.75) is 31.8 Å². The minimum absolute atomic E-state index is 0. The number of rotatable bonds is 7. The van der Waals surface area contributed by atoms with Gasteiger partial charge in [-0.05, 0) is 56.6 Å². The first kappa shape index (κ1) is 23.9. The number of halogens is 1. The van der Waals surface area contributed by atoms with Crippen LogP contribution in [0.5, 0.6) is 0 Å². The quantitative estimate of drug-likeness (QED) is 0.695. The number of hydrogen-bond donors (Lipinski definition) is 2. The molecular weight excluding hydrogens is 402 g/mol. The summed E-state index contributed by atoms with van der Waals surface area (Å²) in [6, 6.07) is 17.7. The number of anilines is 1. The van der Waals surface area contributed by atoms with E-state index in [4.69, 9.17) is 5.11 Å². The molecule has 3 rings (SSSR count). The number of carbonyl (C=O) groups is 2. The lowest BCUT2D eigenvalue weighted by Gasteiger charge is -2.39. The van der Waals surface area contributed by atoms with E-state index in [-0.39, 0.29) is 30.9 Å². The fraction of sp³-hybridized carbons (Fsp3) is 0.391. The minimum atomic E-state index is -0.780. The average Bonchev–Trinajstić information content (AvgIpc) is 2.73. The Bertz CT molecular complexity index is 839. The number of piperidine rings is 1. The minimum Gasteiger partial charge on any atom is -0.480 e. The summed E-state index contributed by atoms with van der Waals surface area (Å²) in [6.07, 6.45) is 1.91. The Morgan fingerprint density at radius 2 is 1.80 bits per heavy atom. The molecule has 0 radical (unpaired) electrons. The van der Waals surface area contributed by atoms with Gasteiger partial charge in [-0.25, -0.2) is 0 Å². The van der Waals surface area contributed by atoms with Crippen LogP contribution in [-0.4, -0.2) is 59.5 Å². The summed E-state index contributed by atoms with van der Waals surface area (Å²) >= 11 is 0. The second-order valence-electron chi connectivity index (χ2n) is 7.70. The summed E-state index contributed by atoms with van der Waals surface area (Å²) in [7, 11) is 1.89. The van der Waals surface area contributed by atoms with Crippen LogP contribution in [0.2, 0.25) is 0 Å². The Morgan fingerprint density at radius 1 is 1.13 bits per heavy atom. The predicted molar refractivity (Wildman–Crippen MR) is 121 cm³/mol. The number of amides is 1. The third kappa shape index (κ3) is 6.29. The first-order valence-electron chi connectivity index (χ1n) is 10.1. The van der Waals surface area contributed by atoms with E-state index >= 15 is 0 Å². The number of carbonyl (C=O) groups excluding carboxylic acids is 1. The summed E-state index contributed by atoms with van der Waals surface area (Å²) < 4.78 is 0. The van der Waals surface area contributed by atoms with Gasteiger partial charge in [-0.1, -0.05) is 30.3 Å². The van der Waals surface area contributed by atoms with E-state index in [1.54, 1.807) is 12.1 Å². The Labute approximate surface area is 184 Å². The second kappa shape index (κ2) is 11.1. The maximum absolute atomic E-state index is 12.4. The van der Waals surface area contributed by atoms with Crippen LogP contribution >= 0.6 is 12.4 Å². The van der Waals surface area contributed by atoms with Crippen LogP contribution in [0.1, 0.15) is 41.7 Å². The first-order valence-corrected chi connectivity index (χ1v) is 10.1. The van der Waals surface area contributed by atoms with E-state index in [0.29, 0.717) is 11.6 Å². The molecule has 0 saturated carbocycles. The lowest BCUT2D eigenvalue weighted by atomic mass is 9.99. The molecule has 2 N–H and O–H groups in total. The van der Waals surface area contributed by atoms with Crippen LogP contribution in [0.3, 0.4) is 0 Å². The number of likely N-dealkylation sites (tertiary alicyclic amines) is 1. The van der Waals surface area contributed by atoms with Crippen molar-refractivity contribution in [1.29, 1.82) is 0 Å². The molecule has 1 heterocycles. The third-order valence-corrected chi connectivity index (χ3v) is 5.72. The van der Waals surface area contributed by atoms with E-state index in [1.807, 2.05) is 48.3 Å². The number of benzene rings is 2. The average molecular weight is 432 g/mol. The standard InChI is InChI=1S/C23H29N3O3.ClH/c1-17(26-13-11-21(12-14-26)25(2)16-22(27)28)19-9-6-10-20(15-19)24-23(29)18-7-4-3-5-8-18;/h3-10,15,17,21H,11-14,16H2,1-2H3,(H,24,29)(H,27,28);1H. The molecule has 0 aliphatic carbocycles. The van der Waals surface area contributed by atoms with Gasteiger partial charge in [0.25, 0.3) is 5.91 Å². The molecule has 0 bridgehead atoms. The summed E-state index contributed by atoms with van der Waals surface area (Å²) in [5.74, 6) is -0.893. The van der Waals surface area contributed by atoms with Gasteiger partial charge in [0.05, 0.1) is 6.54 Å². The zero-order valence-corrected chi connectivity index (χ0v) is 18.3. The lowest BCUT2D eigenvalue weighted by Crippen LogP contribution is -2.45. The van der Waals surface area contributed by atoms with Crippen LogP contribution in [0.15, 0.2) is 54.6 Å². The Balaban J connectivity index is 0.00000320. The molecule has 1 aliphatic heterocycles. The molecule has 7 heteroatoms. The molecule has 2 aromatic rings. The second-order valence-corrected chi connectivity index (χ2v) is 7.70. The van der Waals surface area contributed by atoms with Crippen LogP contribution in [-0.2, 0) is 4.79 Å². The largest absolute Gasteiger partial charge is 0.480 e. The number of aliphatic carboxylic acids is 1. The fourth-order valence-corrected chi connectivity index (χ4v) is 3.94. The van der Waals surface area contributed by atoms with E-state index in [0.717, 1.165) is 37.2 Å². The molecule has 1 amide bonds. The smallest absolute Gasteiger partial charge is 0.317 e. The highest BCUT2D eigenvalue weighted by molar-refractivity contribution is 6.04. The highest BCUT2D eigenvalue weighted by Gasteiger charge is 2.26. The molecule has 0 aromatic heterocycles. The van der Waals surface area contributed by atoms with Gasteiger partial charge in [-0.3, -0.25) is 19.4 Å². The van der Waals surface area contributed by atoms with Crippen LogP contribution < -0.4 is 5.32 Å². The van der Waals surface area contributed by atoms with E-state index < -0.39 is 5.97 Å². The van der Waals surface area contributed by atoms with Crippen molar-refractivity contribution in [3.63, 3.8) is 0 Å². The van der Waals surface area contributed by atoms with Crippen molar-refractivity contribution < 1.29 is 14.7 Å². The zero-order chi connectivity index (χ0) is 20.8. The molecule has 6 nitrogen and oxygen atoms in total. The number of nitrogens with one attached hydrogen (secondary N) is 1. The summed E-state index contributed by atoms with van der Waals surface area (Å²) in [5, 5.41) is 12.0. The van der Waals surface area contributed by atoms with Crippen molar-refractivity contribution in [2.24, 2.45) is 0 Å². The van der Waals surface area contributed by atoms with Crippen molar-refractivity contribution in [3.05, 3.63) is 65.7 Å². The van der Waals surface area contributed by atoms with Crippen molar-refractivity contribution in [3.8, 4) is 0 Å². The van der Waals surface area contributed by atoms with Gasteiger partial charge in [-0.15, -0.1) is 12.4 Å². The predicted octanol–water partition coefficient (Wildman–Crippen LogP) is 3.90. The molecule has 0 spiro atoms. The maximum Gasteiger partial charge on any atom is 0.317 e. The van der Waals surface area contributed by atoms with Crippen molar-refractivity contribution in [2.75, 3.05) is 32.0 Å². The van der Waals surface area contributed by atoms with Crippen LogP contribution in [0, 0.1) is 0 Å². The lowest BCUT2D eigenvalue weighted by molar-refractivity contribution is -0.138. The molecule has 1 fully saturated rings. The van der Waals surface area contributed by atoms with Gasteiger partial charge in [0.15, 0.2) is 0 Å². The summed E-state index contributed by atoms with van der Waals surface area (Å²) in [6.45, 7) is 4.12. The van der Waals surface area contributed by atoms with Gasteiger partial charge in [0.1, 0.15) is 0 Å². The van der Waals surface area contributed by atoms with E-state index in [9.17, 15) is 9.59 Å². The number of hydrogen-bond acceptors (Lipinski definition) is 4. The maximum atomic E-state index is 12.4. The molecule has 2 aromatic carbocycles. The Morgan fingerprint density at radius 3 is 2.43 bits per heavy atom. The third-order valence-electron chi connectivity index (χ3n) is 5.72. The topological polar surface area (TPSA) is 72.9 Å². The zero-order valence-electron chi connectivity index (χ0n) is 17.5. The van der Waals surface area contributed by atoms with Gasteiger partial charge < -0.3 is 10.4 Å². The Kier molecular flexibility index (Phi) is 8.84. The highest BCUT2D eigenvalue weighted by atomic mass is 35.5.